The van der Waals surface area contributed by atoms with Gasteiger partial charge < -0.3 is 9.67 Å². The zero-order valence-electron chi connectivity index (χ0n) is 26.6. The van der Waals surface area contributed by atoms with Gasteiger partial charge in [0, 0.05) is 17.8 Å². The van der Waals surface area contributed by atoms with Crippen LogP contribution in [0.15, 0.2) is 152 Å². The lowest BCUT2D eigenvalue weighted by molar-refractivity contribution is 0.0685. The molecule has 0 bridgehead atoms. The maximum absolute atomic E-state index is 11.9. The normalized spacial score (nSPS) is 11.4. The van der Waals surface area contributed by atoms with Crippen molar-refractivity contribution in [3.05, 3.63) is 185 Å². The topological polar surface area (TPSA) is 85.8 Å². The lowest BCUT2D eigenvalue weighted by Gasteiger charge is -2.36. The van der Waals surface area contributed by atoms with Gasteiger partial charge in [-0.2, -0.15) is 0 Å². The van der Waals surface area contributed by atoms with Gasteiger partial charge in [-0.3, -0.25) is 0 Å². The predicted octanol–water partition coefficient (Wildman–Crippen LogP) is 8.35. The van der Waals surface area contributed by atoms with Crippen LogP contribution in [0.25, 0.3) is 22.5 Å². The molecule has 7 aromatic rings. The fourth-order valence-corrected chi connectivity index (χ4v) is 6.75. The Kier molecular flexibility index (Phi) is 8.49. The fraction of sp³-hybridized carbons (Fsp3) is 0.122. The van der Waals surface area contributed by atoms with Crippen LogP contribution in [0.1, 0.15) is 51.8 Å². The molecule has 0 aliphatic carbocycles. The predicted molar refractivity (Wildman–Crippen MR) is 188 cm³/mol. The van der Waals surface area contributed by atoms with Gasteiger partial charge in [-0.25, -0.2) is 9.48 Å². The van der Waals surface area contributed by atoms with Crippen LogP contribution in [0, 0.1) is 0 Å². The van der Waals surface area contributed by atoms with Gasteiger partial charge in [0.2, 0.25) is 0 Å². The van der Waals surface area contributed by atoms with E-state index in [0.29, 0.717) is 18.1 Å². The van der Waals surface area contributed by atoms with Crippen LogP contribution in [0.3, 0.4) is 0 Å². The molecule has 0 radical (unpaired) electrons. The summed E-state index contributed by atoms with van der Waals surface area (Å²) in [6.45, 7) is 2.59. The summed E-state index contributed by atoms with van der Waals surface area (Å²) in [5.74, 6) is -0.285. The van der Waals surface area contributed by atoms with Crippen molar-refractivity contribution in [3.63, 3.8) is 0 Å². The molecule has 7 nitrogen and oxygen atoms in total. The number of aromatic nitrogens is 5. The summed E-state index contributed by atoms with van der Waals surface area (Å²) in [7, 11) is 0. The first-order chi connectivity index (χ1) is 23.6. The second kappa shape index (κ2) is 13.3. The standard InChI is InChI=1S/C41H35N5O2/c1-2-14-35-27-28-38(40(47)48)45(35)29-30-23-25-31(26-24-30)36-21-12-13-22-37(36)39-42-43-44-46(39)41(32-15-6-3-7-16-32,33-17-8-4-9-18-33)34-19-10-5-11-20-34/h3-13,15-28H,2,14,29H2,1H3,(H,47,48). The minimum atomic E-state index is -0.918. The van der Waals surface area contributed by atoms with E-state index in [9.17, 15) is 9.90 Å². The maximum Gasteiger partial charge on any atom is 0.352 e. The molecule has 5 aromatic carbocycles. The van der Waals surface area contributed by atoms with Gasteiger partial charge in [-0.05, 0) is 62.4 Å². The Morgan fingerprint density at radius 3 is 1.75 bits per heavy atom. The van der Waals surface area contributed by atoms with Gasteiger partial charge in [0.25, 0.3) is 0 Å². The van der Waals surface area contributed by atoms with Gasteiger partial charge in [0.1, 0.15) is 11.2 Å². The van der Waals surface area contributed by atoms with Crippen LogP contribution >= 0.6 is 0 Å². The van der Waals surface area contributed by atoms with Gasteiger partial charge in [-0.1, -0.05) is 153 Å². The zero-order valence-corrected chi connectivity index (χ0v) is 26.6. The second-order valence-corrected chi connectivity index (χ2v) is 11.8. The van der Waals surface area contributed by atoms with Gasteiger partial charge in [0.05, 0.1) is 0 Å². The Balaban J connectivity index is 1.35. The van der Waals surface area contributed by atoms with E-state index < -0.39 is 11.5 Å². The summed E-state index contributed by atoms with van der Waals surface area (Å²) in [4.78, 5) is 11.9. The average Bonchev–Trinajstić information content (AvgIpc) is 3.79. The van der Waals surface area contributed by atoms with Crippen molar-refractivity contribution in [2.45, 2.75) is 31.8 Å². The minimum absolute atomic E-state index is 0.304. The van der Waals surface area contributed by atoms with E-state index in [1.165, 1.54) is 0 Å². The maximum atomic E-state index is 11.9. The average molecular weight is 630 g/mol. The molecule has 0 unspecified atom stereocenters. The first-order valence-electron chi connectivity index (χ1n) is 16.2. The Morgan fingerprint density at radius 1 is 0.667 bits per heavy atom. The number of tetrazole rings is 1. The Hall–Kier alpha value is -6.08. The van der Waals surface area contributed by atoms with Gasteiger partial charge in [-0.15, -0.1) is 5.10 Å². The van der Waals surface area contributed by atoms with Crippen LogP contribution in [0.2, 0.25) is 0 Å². The Morgan fingerprint density at radius 2 is 1.21 bits per heavy atom. The van der Waals surface area contributed by atoms with E-state index in [1.54, 1.807) is 6.07 Å². The van der Waals surface area contributed by atoms with Crippen LogP contribution in [-0.4, -0.2) is 35.9 Å². The molecule has 1 N–H and O–H groups in total. The summed E-state index contributed by atoms with van der Waals surface area (Å²) >= 11 is 0. The number of aromatic carboxylic acids is 1. The molecule has 0 amide bonds. The highest BCUT2D eigenvalue weighted by molar-refractivity contribution is 5.86. The van der Waals surface area contributed by atoms with Crippen molar-refractivity contribution < 1.29 is 9.90 Å². The lowest BCUT2D eigenvalue weighted by Crippen LogP contribution is -2.39. The molecule has 0 aliphatic rings. The summed E-state index contributed by atoms with van der Waals surface area (Å²) < 4.78 is 3.86. The van der Waals surface area contributed by atoms with E-state index in [-0.39, 0.29) is 0 Å². The quantitative estimate of drug-likeness (QED) is 0.145. The molecule has 0 spiro atoms. The summed E-state index contributed by atoms with van der Waals surface area (Å²) in [5.41, 5.74) is 7.47. The molecular weight excluding hydrogens is 594 g/mol. The summed E-state index contributed by atoms with van der Waals surface area (Å²) in [6.07, 6.45) is 1.77. The zero-order chi connectivity index (χ0) is 32.9. The highest BCUT2D eigenvalue weighted by Gasteiger charge is 2.42. The van der Waals surface area contributed by atoms with Crippen molar-refractivity contribution in [1.82, 2.24) is 24.8 Å². The minimum Gasteiger partial charge on any atom is -0.477 e. The third-order valence-electron chi connectivity index (χ3n) is 8.93. The smallest absolute Gasteiger partial charge is 0.352 e. The van der Waals surface area contributed by atoms with Crippen LogP contribution in [0.4, 0.5) is 0 Å². The SMILES string of the molecule is CCCc1ccc(C(=O)O)n1Cc1ccc(-c2ccccc2-c2nnnn2C(c2ccccc2)(c2ccccc2)c2ccccc2)cc1. The van der Waals surface area contributed by atoms with Crippen LogP contribution in [0.5, 0.6) is 0 Å². The van der Waals surface area contributed by atoms with Crippen molar-refractivity contribution >= 4 is 5.97 Å². The highest BCUT2D eigenvalue weighted by atomic mass is 16.4. The number of carbonyl (C=O) groups is 1. The number of benzene rings is 5. The molecular formula is C41H35N5O2. The summed E-state index contributed by atoms with van der Waals surface area (Å²) in [6, 6.07) is 51.2. The Bertz CT molecular complexity index is 2040. The van der Waals surface area contributed by atoms with Crippen molar-refractivity contribution in [2.24, 2.45) is 0 Å². The van der Waals surface area contributed by atoms with Crippen molar-refractivity contribution in [2.75, 3.05) is 0 Å². The van der Waals surface area contributed by atoms with E-state index in [2.05, 4.69) is 90.0 Å². The molecule has 236 valence electrons. The third kappa shape index (κ3) is 5.49. The Labute approximate surface area is 279 Å². The van der Waals surface area contributed by atoms with E-state index >= 15 is 0 Å². The molecule has 7 heteroatoms. The molecule has 0 aliphatic heterocycles. The van der Waals surface area contributed by atoms with Crippen LogP contribution in [-0.2, 0) is 18.5 Å². The summed E-state index contributed by atoms with van der Waals surface area (Å²) in [5, 5.41) is 23.5. The third-order valence-corrected chi connectivity index (χ3v) is 8.93. The van der Waals surface area contributed by atoms with E-state index in [1.807, 2.05) is 82.0 Å². The highest BCUT2D eigenvalue weighted by Crippen LogP contribution is 2.43. The first kappa shape index (κ1) is 30.6. The van der Waals surface area contributed by atoms with Crippen molar-refractivity contribution in [3.8, 4) is 22.5 Å². The van der Waals surface area contributed by atoms with Gasteiger partial charge >= 0.3 is 5.97 Å². The van der Waals surface area contributed by atoms with Crippen molar-refractivity contribution in [1.29, 1.82) is 0 Å². The molecule has 2 heterocycles. The number of nitrogens with zero attached hydrogens (tertiary/aromatic N) is 5. The molecule has 48 heavy (non-hydrogen) atoms. The van der Waals surface area contributed by atoms with Crippen LogP contribution < -0.4 is 0 Å². The number of rotatable bonds is 11. The largest absolute Gasteiger partial charge is 0.477 e. The molecule has 0 saturated heterocycles. The molecule has 0 fully saturated rings. The number of carboxylic acids is 1. The number of carboxylic acid groups (broad SMARTS) is 1. The first-order valence-corrected chi connectivity index (χ1v) is 16.2. The number of hydrogen-bond acceptors (Lipinski definition) is 4. The number of aryl methyl sites for hydroxylation is 1. The molecule has 7 rings (SSSR count). The monoisotopic (exact) mass is 629 g/mol. The molecule has 0 atom stereocenters. The van der Waals surface area contributed by atoms with Gasteiger partial charge in [0.15, 0.2) is 5.82 Å². The molecule has 0 saturated carbocycles. The second-order valence-electron chi connectivity index (χ2n) is 11.8. The number of hydrogen-bond donors (Lipinski definition) is 1. The van der Waals surface area contributed by atoms with E-state index in [4.69, 9.17) is 5.21 Å². The lowest BCUT2D eigenvalue weighted by atomic mass is 9.77. The van der Waals surface area contributed by atoms with E-state index in [0.717, 1.165) is 57.5 Å². The molecule has 2 aromatic heterocycles. The fourth-order valence-electron chi connectivity index (χ4n) is 6.75.